The Hall–Kier alpha value is -2.76. The molecule has 0 bridgehead atoms. The number of amides is 1. The molecule has 5 nitrogen and oxygen atoms in total. The standard InChI is InChI=1S/C15H12F4N2O3/c16-14(17)23-11-4-1-8(12(6-11)24-15(18)19)5-9(7-20)13(22)21-10-2-3-10/h1,4-6,10,14-15H,2-3H2,(H,21,22)/b9-5+. The number of carbonyl (C=O) groups excluding carboxylic acids is 1. The van der Waals surface area contributed by atoms with Gasteiger partial charge in [0.2, 0.25) is 0 Å². The zero-order valence-corrected chi connectivity index (χ0v) is 12.1. The Morgan fingerprint density at radius 1 is 1.25 bits per heavy atom. The molecule has 1 fully saturated rings. The van der Waals surface area contributed by atoms with Gasteiger partial charge in [-0.05, 0) is 31.1 Å². The monoisotopic (exact) mass is 344 g/mol. The zero-order chi connectivity index (χ0) is 17.7. The first kappa shape index (κ1) is 17.6. The zero-order valence-electron chi connectivity index (χ0n) is 12.1. The van der Waals surface area contributed by atoms with Gasteiger partial charge >= 0.3 is 13.2 Å². The first-order chi connectivity index (χ1) is 11.4. The van der Waals surface area contributed by atoms with E-state index in [1.807, 2.05) is 0 Å². The predicted molar refractivity (Wildman–Crippen MR) is 74.5 cm³/mol. The number of alkyl halides is 4. The van der Waals surface area contributed by atoms with Crippen LogP contribution in [0.4, 0.5) is 17.6 Å². The van der Waals surface area contributed by atoms with Crippen molar-refractivity contribution < 1.29 is 31.8 Å². The molecule has 1 aliphatic carbocycles. The third kappa shape index (κ3) is 5.15. The van der Waals surface area contributed by atoms with Crippen molar-refractivity contribution in [2.75, 3.05) is 0 Å². The Morgan fingerprint density at radius 3 is 2.46 bits per heavy atom. The molecule has 1 N–H and O–H groups in total. The molecule has 0 radical (unpaired) electrons. The molecule has 2 rings (SSSR count). The number of nitriles is 1. The van der Waals surface area contributed by atoms with Gasteiger partial charge < -0.3 is 14.8 Å². The largest absolute Gasteiger partial charge is 0.435 e. The van der Waals surface area contributed by atoms with Crippen LogP contribution < -0.4 is 14.8 Å². The summed E-state index contributed by atoms with van der Waals surface area (Å²) in [6.07, 6.45) is 2.66. The van der Waals surface area contributed by atoms with Crippen molar-refractivity contribution in [1.29, 1.82) is 5.26 Å². The summed E-state index contributed by atoms with van der Waals surface area (Å²) < 4.78 is 57.7. The van der Waals surface area contributed by atoms with E-state index in [2.05, 4.69) is 14.8 Å². The van der Waals surface area contributed by atoms with E-state index in [9.17, 15) is 22.4 Å². The Kier molecular flexibility index (Phi) is 5.63. The predicted octanol–water partition coefficient (Wildman–Crippen LogP) is 3.07. The van der Waals surface area contributed by atoms with Gasteiger partial charge in [0.15, 0.2) is 0 Å². The van der Waals surface area contributed by atoms with E-state index >= 15 is 0 Å². The highest BCUT2D eigenvalue weighted by Crippen LogP contribution is 2.29. The summed E-state index contributed by atoms with van der Waals surface area (Å²) in [6, 6.07) is 4.73. The molecular formula is C15H12F4N2O3. The number of hydrogen-bond acceptors (Lipinski definition) is 4. The fourth-order valence-corrected chi connectivity index (χ4v) is 1.80. The van der Waals surface area contributed by atoms with Gasteiger partial charge in [-0.15, -0.1) is 0 Å². The number of ether oxygens (including phenoxy) is 2. The third-order valence-corrected chi connectivity index (χ3v) is 3.00. The van der Waals surface area contributed by atoms with Crippen LogP contribution in [0.3, 0.4) is 0 Å². The molecule has 1 aromatic rings. The van der Waals surface area contributed by atoms with Crippen molar-refractivity contribution in [1.82, 2.24) is 5.32 Å². The van der Waals surface area contributed by atoms with Crippen LogP contribution in [0.25, 0.3) is 6.08 Å². The molecule has 0 heterocycles. The van der Waals surface area contributed by atoms with Gasteiger partial charge in [-0.1, -0.05) is 0 Å². The topological polar surface area (TPSA) is 71.3 Å². The van der Waals surface area contributed by atoms with Crippen LogP contribution in [-0.4, -0.2) is 25.2 Å². The highest BCUT2D eigenvalue weighted by molar-refractivity contribution is 6.02. The van der Waals surface area contributed by atoms with E-state index in [0.29, 0.717) is 0 Å². The summed E-state index contributed by atoms with van der Waals surface area (Å²) in [6.45, 7) is -6.35. The normalized spacial score (nSPS) is 14.5. The summed E-state index contributed by atoms with van der Waals surface area (Å²) in [5.41, 5.74) is -0.358. The van der Waals surface area contributed by atoms with Gasteiger partial charge in [-0.2, -0.15) is 22.8 Å². The van der Waals surface area contributed by atoms with E-state index in [-0.39, 0.29) is 17.2 Å². The average molecular weight is 344 g/mol. The molecule has 1 amide bonds. The second-order valence-electron chi connectivity index (χ2n) is 4.87. The molecule has 1 saturated carbocycles. The summed E-state index contributed by atoms with van der Waals surface area (Å²) >= 11 is 0. The van der Waals surface area contributed by atoms with Crippen molar-refractivity contribution in [2.45, 2.75) is 32.1 Å². The lowest BCUT2D eigenvalue weighted by Gasteiger charge is -2.11. The lowest BCUT2D eigenvalue weighted by Crippen LogP contribution is -2.26. The molecule has 1 aromatic carbocycles. The number of benzene rings is 1. The molecule has 0 aliphatic heterocycles. The number of carbonyl (C=O) groups is 1. The van der Waals surface area contributed by atoms with Crippen LogP contribution in [0.1, 0.15) is 18.4 Å². The minimum atomic E-state index is -3.22. The van der Waals surface area contributed by atoms with E-state index in [1.54, 1.807) is 6.07 Å². The summed E-state index contributed by atoms with van der Waals surface area (Å²) in [4.78, 5) is 11.9. The Labute approximate surface area is 134 Å². The van der Waals surface area contributed by atoms with E-state index in [1.165, 1.54) is 0 Å². The van der Waals surface area contributed by atoms with Gasteiger partial charge in [0.05, 0.1) is 0 Å². The van der Waals surface area contributed by atoms with Gasteiger partial charge in [-0.3, -0.25) is 4.79 Å². The minimum absolute atomic E-state index is 0.00727. The SMILES string of the molecule is N#C/C(=C\c1ccc(OC(F)F)cc1OC(F)F)C(=O)NC1CC1. The number of nitrogens with zero attached hydrogens (tertiary/aromatic N) is 1. The number of halogens is 4. The van der Waals surface area contributed by atoms with Crippen LogP contribution in [0.2, 0.25) is 0 Å². The Balaban J connectivity index is 2.30. The number of rotatable bonds is 7. The van der Waals surface area contributed by atoms with Crippen molar-refractivity contribution in [3.63, 3.8) is 0 Å². The molecule has 0 saturated heterocycles. The van der Waals surface area contributed by atoms with E-state index in [0.717, 1.165) is 37.1 Å². The number of nitrogens with one attached hydrogen (secondary N) is 1. The quantitative estimate of drug-likeness (QED) is 0.469. The van der Waals surface area contributed by atoms with Crippen molar-refractivity contribution >= 4 is 12.0 Å². The molecule has 1 aliphatic rings. The highest BCUT2D eigenvalue weighted by Gasteiger charge is 2.25. The summed E-state index contributed by atoms with van der Waals surface area (Å²) in [5.74, 6) is -1.52. The smallest absolute Gasteiger partial charge is 0.387 e. The van der Waals surface area contributed by atoms with Crippen molar-refractivity contribution in [3.05, 3.63) is 29.3 Å². The maximum absolute atomic E-state index is 12.5. The van der Waals surface area contributed by atoms with Crippen molar-refractivity contribution in [3.8, 4) is 17.6 Å². The van der Waals surface area contributed by atoms with E-state index in [4.69, 9.17) is 5.26 Å². The molecule has 0 spiro atoms. The summed E-state index contributed by atoms with van der Waals surface area (Å²) in [5, 5.41) is 11.6. The maximum Gasteiger partial charge on any atom is 0.387 e. The van der Waals surface area contributed by atoms with Gasteiger partial charge in [0, 0.05) is 17.7 Å². The molecule has 0 unspecified atom stereocenters. The first-order valence-corrected chi connectivity index (χ1v) is 6.85. The van der Waals surface area contributed by atoms with Crippen LogP contribution in [0.15, 0.2) is 23.8 Å². The Bertz CT molecular complexity index is 682. The van der Waals surface area contributed by atoms with Crippen LogP contribution in [0, 0.1) is 11.3 Å². The highest BCUT2D eigenvalue weighted by atomic mass is 19.3. The Morgan fingerprint density at radius 2 is 1.92 bits per heavy atom. The summed E-state index contributed by atoms with van der Waals surface area (Å²) in [7, 11) is 0. The number of hydrogen-bond donors (Lipinski definition) is 1. The average Bonchev–Trinajstić information content (AvgIpc) is 3.29. The molecule has 24 heavy (non-hydrogen) atoms. The lowest BCUT2D eigenvalue weighted by molar-refractivity contribution is -0.117. The lowest BCUT2D eigenvalue weighted by atomic mass is 10.1. The minimum Gasteiger partial charge on any atom is -0.435 e. The van der Waals surface area contributed by atoms with Gasteiger partial charge in [0.25, 0.3) is 5.91 Å². The van der Waals surface area contributed by atoms with Crippen LogP contribution >= 0.6 is 0 Å². The van der Waals surface area contributed by atoms with Gasteiger partial charge in [-0.25, -0.2) is 0 Å². The molecular weight excluding hydrogens is 332 g/mol. The van der Waals surface area contributed by atoms with E-state index < -0.39 is 30.6 Å². The third-order valence-electron chi connectivity index (χ3n) is 3.00. The molecule has 0 aromatic heterocycles. The molecule has 128 valence electrons. The first-order valence-electron chi connectivity index (χ1n) is 6.85. The maximum atomic E-state index is 12.5. The van der Waals surface area contributed by atoms with Gasteiger partial charge in [0.1, 0.15) is 23.1 Å². The van der Waals surface area contributed by atoms with Crippen molar-refractivity contribution in [2.24, 2.45) is 0 Å². The second-order valence-corrected chi connectivity index (χ2v) is 4.87. The van der Waals surface area contributed by atoms with Crippen LogP contribution in [-0.2, 0) is 4.79 Å². The molecule has 0 atom stereocenters. The fourth-order valence-electron chi connectivity index (χ4n) is 1.80. The molecule has 9 heteroatoms. The van der Waals surface area contributed by atoms with Crippen LogP contribution in [0.5, 0.6) is 11.5 Å². The second kappa shape index (κ2) is 7.68. The fraction of sp³-hybridized carbons (Fsp3) is 0.333.